The second-order valence-corrected chi connectivity index (χ2v) is 9.54. The van der Waals surface area contributed by atoms with Crippen LogP contribution >= 0.6 is 0 Å². The van der Waals surface area contributed by atoms with Crippen LogP contribution in [0.1, 0.15) is 72.1 Å². The van der Waals surface area contributed by atoms with Crippen molar-refractivity contribution in [2.75, 3.05) is 0 Å². The minimum Gasteiger partial charge on any atom is -0.462 e. The largest absolute Gasteiger partial charge is 0.462 e. The fourth-order valence-electron chi connectivity index (χ4n) is 7.18. The molecule has 25 heavy (non-hydrogen) atoms. The summed E-state index contributed by atoms with van der Waals surface area (Å²) in [6.45, 7) is 6.39. The topological polar surface area (TPSA) is 50.1 Å². The molecule has 0 radical (unpaired) electrons. The third kappa shape index (κ3) is 2.47. The third-order valence-corrected chi connectivity index (χ3v) is 8.55. The van der Waals surface area contributed by atoms with E-state index in [0.29, 0.717) is 0 Å². The van der Waals surface area contributed by atoms with Gasteiger partial charge in [-0.05, 0) is 73.5 Å². The number of carbonyl (C=O) groups is 1. The number of rotatable bonds is 1. The fraction of sp³-hybridized carbons (Fsp3) is 0.818. The maximum Gasteiger partial charge on any atom is 0.302 e. The van der Waals surface area contributed by atoms with E-state index in [1.165, 1.54) is 32.6 Å². The first-order valence-electron chi connectivity index (χ1n) is 10.1. The van der Waals surface area contributed by atoms with Gasteiger partial charge in [-0.3, -0.25) is 4.79 Å². The Morgan fingerprint density at radius 2 is 2.00 bits per heavy atom. The molecule has 0 bridgehead atoms. The van der Waals surface area contributed by atoms with E-state index >= 15 is 0 Å². The fourth-order valence-corrected chi connectivity index (χ4v) is 7.18. The second-order valence-electron chi connectivity index (χ2n) is 9.54. The molecule has 7 atom stereocenters. The number of nitriles is 1. The Morgan fingerprint density at radius 3 is 2.72 bits per heavy atom. The molecule has 0 spiro atoms. The molecular formula is C22H31NO2. The van der Waals surface area contributed by atoms with Crippen LogP contribution in [0.25, 0.3) is 0 Å². The third-order valence-electron chi connectivity index (χ3n) is 8.55. The van der Waals surface area contributed by atoms with Gasteiger partial charge in [0.25, 0.3) is 0 Å². The van der Waals surface area contributed by atoms with E-state index in [1.807, 2.05) is 0 Å². The molecule has 4 aliphatic carbocycles. The Bertz CT molecular complexity index is 647. The summed E-state index contributed by atoms with van der Waals surface area (Å²) in [7, 11) is 0. The Balaban J connectivity index is 1.59. The van der Waals surface area contributed by atoms with Crippen LogP contribution in [0.5, 0.6) is 0 Å². The number of ether oxygens (including phenoxy) is 1. The van der Waals surface area contributed by atoms with Gasteiger partial charge in [0, 0.05) is 13.3 Å². The van der Waals surface area contributed by atoms with Gasteiger partial charge in [0.15, 0.2) is 0 Å². The van der Waals surface area contributed by atoms with Crippen LogP contribution in [0.2, 0.25) is 0 Å². The molecule has 0 N–H and O–H groups in total. The zero-order valence-electron chi connectivity index (χ0n) is 15.9. The molecule has 3 heteroatoms. The SMILES string of the molecule is CC(=O)O[C@@H]1CC[C@@]2(C)C(=CC[C@@H]3[C@H]4CC[C@@H](C#N)[C@@]4(C)CC[C@H]32)C1. The number of hydrogen-bond donors (Lipinski definition) is 0. The molecule has 0 saturated heterocycles. The van der Waals surface area contributed by atoms with Gasteiger partial charge in [-0.1, -0.05) is 25.5 Å². The number of allylic oxidation sites excluding steroid dienone is 1. The number of nitrogens with zero attached hydrogens (tertiary/aromatic N) is 1. The van der Waals surface area contributed by atoms with E-state index in [0.717, 1.165) is 43.4 Å². The molecule has 4 rings (SSSR count). The maximum absolute atomic E-state index is 11.3. The lowest BCUT2D eigenvalue weighted by Crippen LogP contribution is -2.50. The highest BCUT2D eigenvalue weighted by molar-refractivity contribution is 5.66. The molecule has 0 heterocycles. The average Bonchev–Trinajstić information content (AvgIpc) is 2.91. The van der Waals surface area contributed by atoms with Crippen molar-refractivity contribution in [1.29, 1.82) is 5.26 Å². The number of fused-ring (bicyclic) bond motifs is 5. The summed E-state index contributed by atoms with van der Waals surface area (Å²) in [5.41, 5.74) is 2.07. The van der Waals surface area contributed by atoms with Crippen molar-refractivity contribution in [2.45, 2.75) is 78.2 Å². The van der Waals surface area contributed by atoms with Gasteiger partial charge in [-0.25, -0.2) is 0 Å². The quantitative estimate of drug-likeness (QED) is 0.497. The van der Waals surface area contributed by atoms with Gasteiger partial charge in [-0.2, -0.15) is 5.26 Å². The van der Waals surface area contributed by atoms with E-state index in [2.05, 4.69) is 26.0 Å². The predicted octanol–water partition coefficient (Wildman–Crippen LogP) is 5.02. The van der Waals surface area contributed by atoms with E-state index in [-0.39, 0.29) is 28.8 Å². The normalized spacial score (nSPS) is 48.4. The Morgan fingerprint density at radius 1 is 1.20 bits per heavy atom. The molecule has 3 fully saturated rings. The lowest BCUT2D eigenvalue weighted by molar-refractivity contribution is -0.148. The summed E-state index contributed by atoms with van der Waals surface area (Å²) in [6, 6.07) is 2.63. The van der Waals surface area contributed by atoms with E-state index in [9.17, 15) is 10.1 Å². The van der Waals surface area contributed by atoms with Crippen LogP contribution in [-0.4, -0.2) is 12.1 Å². The number of hydrogen-bond acceptors (Lipinski definition) is 3. The summed E-state index contributed by atoms with van der Waals surface area (Å²) >= 11 is 0. The van der Waals surface area contributed by atoms with Crippen molar-refractivity contribution < 1.29 is 9.53 Å². The monoisotopic (exact) mass is 341 g/mol. The van der Waals surface area contributed by atoms with E-state index in [1.54, 1.807) is 5.57 Å². The summed E-state index contributed by atoms with van der Waals surface area (Å²) < 4.78 is 5.52. The van der Waals surface area contributed by atoms with Crippen molar-refractivity contribution in [1.82, 2.24) is 0 Å². The molecule has 0 aliphatic heterocycles. The van der Waals surface area contributed by atoms with Crippen LogP contribution in [-0.2, 0) is 9.53 Å². The first kappa shape index (κ1) is 17.1. The van der Waals surface area contributed by atoms with Gasteiger partial charge in [0.05, 0.1) is 12.0 Å². The smallest absolute Gasteiger partial charge is 0.302 e. The van der Waals surface area contributed by atoms with Crippen LogP contribution in [0.3, 0.4) is 0 Å². The van der Waals surface area contributed by atoms with Crippen molar-refractivity contribution in [3.8, 4) is 6.07 Å². The molecule has 0 unspecified atom stereocenters. The molecule has 0 aromatic rings. The van der Waals surface area contributed by atoms with Gasteiger partial charge in [0.2, 0.25) is 0 Å². The average molecular weight is 341 g/mol. The van der Waals surface area contributed by atoms with Gasteiger partial charge in [-0.15, -0.1) is 0 Å². The van der Waals surface area contributed by atoms with Crippen LogP contribution in [0.4, 0.5) is 0 Å². The summed E-state index contributed by atoms with van der Waals surface area (Å²) in [4.78, 5) is 11.3. The molecule has 0 aromatic carbocycles. The molecular weight excluding hydrogens is 310 g/mol. The highest BCUT2D eigenvalue weighted by Gasteiger charge is 2.58. The van der Waals surface area contributed by atoms with Crippen molar-refractivity contribution >= 4 is 5.97 Å². The van der Waals surface area contributed by atoms with Crippen molar-refractivity contribution in [3.63, 3.8) is 0 Å². The predicted molar refractivity (Wildman–Crippen MR) is 96.4 cm³/mol. The lowest BCUT2D eigenvalue weighted by Gasteiger charge is -2.57. The Hall–Kier alpha value is -1.30. The molecule has 0 aromatic heterocycles. The highest BCUT2D eigenvalue weighted by Crippen LogP contribution is 2.66. The van der Waals surface area contributed by atoms with Crippen LogP contribution in [0.15, 0.2) is 11.6 Å². The maximum atomic E-state index is 11.3. The summed E-state index contributed by atoms with van der Waals surface area (Å²) in [6.07, 6.45) is 11.6. The number of carbonyl (C=O) groups excluding carboxylic acids is 1. The van der Waals surface area contributed by atoms with Gasteiger partial charge >= 0.3 is 5.97 Å². The molecule has 136 valence electrons. The zero-order valence-corrected chi connectivity index (χ0v) is 15.9. The lowest BCUT2D eigenvalue weighted by atomic mass is 9.47. The summed E-state index contributed by atoms with van der Waals surface area (Å²) in [5.74, 6) is 2.33. The summed E-state index contributed by atoms with van der Waals surface area (Å²) in [5, 5.41) is 9.60. The highest BCUT2D eigenvalue weighted by atomic mass is 16.5. The van der Waals surface area contributed by atoms with E-state index < -0.39 is 0 Å². The Labute approximate surface area is 151 Å². The zero-order chi connectivity index (χ0) is 17.8. The van der Waals surface area contributed by atoms with E-state index in [4.69, 9.17) is 4.74 Å². The van der Waals surface area contributed by atoms with Crippen molar-refractivity contribution in [3.05, 3.63) is 11.6 Å². The standard InChI is InChI=1S/C22H31NO2/c1-14(24)25-17-8-10-21(2)15(12-17)4-6-18-19-7-5-16(13-23)22(19,3)11-9-20(18)21/h4,16-20H,5-12H2,1-3H3/t16-,17+,18+,19+,20+,21-,22+/m0/s1. The first-order chi connectivity index (χ1) is 11.9. The minimum absolute atomic E-state index is 0.0803. The molecule has 3 saturated carbocycles. The second kappa shape index (κ2) is 5.86. The van der Waals surface area contributed by atoms with Gasteiger partial charge in [0.1, 0.15) is 6.10 Å². The molecule has 4 aliphatic rings. The first-order valence-corrected chi connectivity index (χ1v) is 10.1. The number of esters is 1. The molecule has 3 nitrogen and oxygen atoms in total. The van der Waals surface area contributed by atoms with Crippen molar-refractivity contribution in [2.24, 2.45) is 34.5 Å². The molecule has 0 amide bonds. The van der Waals surface area contributed by atoms with Crippen LogP contribution < -0.4 is 0 Å². The Kier molecular flexibility index (Phi) is 4.02. The van der Waals surface area contributed by atoms with Gasteiger partial charge < -0.3 is 4.74 Å². The van der Waals surface area contributed by atoms with Crippen LogP contribution in [0, 0.1) is 45.8 Å². The minimum atomic E-state index is -0.148.